The van der Waals surface area contributed by atoms with Crippen molar-refractivity contribution >= 4 is 0 Å². The van der Waals surface area contributed by atoms with Crippen LogP contribution in [0.1, 0.15) is 58.3 Å². The Morgan fingerprint density at radius 1 is 1.16 bits per heavy atom. The molecule has 110 valence electrons. The standard InChI is InChI=1S/C16H30N2O/c1-12-9-13(11-14-5-2-3-8-18(14)19)15-6-4-7-17-16(15)10-12/h12-18H,2-11H2,1H3/t12-,13+,14?,15+,16-/m1/s1. The van der Waals surface area contributed by atoms with E-state index in [0.29, 0.717) is 11.1 Å². The Morgan fingerprint density at radius 2 is 2.05 bits per heavy atom. The fourth-order valence-electron chi connectivity index (χ4n) is 4.96. The Balaban J connectivity index is 1.63. The van der Waals surface area contributed by atoms with E-state index in [1.54, 1.807) is 0 Å². The summed E-state index contributed by atoms with van der Waals surface area (Å²) in [7, 11) is 0. The van der Waals surface area contributed by atoms with E-state index >= 15 is 0 Å². The van der Waals surface area contributed by atoms with Crippen LogP contribution < -0.4 is 10.4 Å². The second kappa shape index (κ2) is 6.11. The summed E-state index contributed by atoms with van der Waals surface area (Å²) in [5.74, 6) is 2.52. The van der Waals surface area contributed by atoms with Gasteiger partial charge in [-0.05, 0) is 69.2 Å². The topological polar surface area (TPSA) is 39.5 Å². The molecule has 3 aliphatic rings. The molecule has 0 spiro atoms. The molecule has 0 bridgehead atoms. The van der Waals surface area contributed by atoms with Crippen molar-refractivity contribution in [2.24, 2.45) is 17.8 Å². The first-order chi connectivity index (χ1) is 9.24. The van der Waals surface area contributed by atoms with Gasteiger partial charge in [0, 0.05) is 12.5 Å². The van der Waals surface area contributed by atoms with Crippen LogP contribution in [0.4, 0.5) is 0 Å². The molecule has 2 aliphatic heterocycles. The van der Waals surface area contributed by atoms with Crippen LogP contribution in [-0.2, 0) is 0 Å². The van der Waals surface area contributed by atoms with Gasteiger partial charge < -0.3 is 15.6 Å². The lowest BCUT2D eigenvalue weighted by atomic mass is 9.66. The van der Waals surface area contributed by atoms with Gasteiger partial charge in [0.25, 0.3) is 0 Å². The van der Waals surface area contributed by atoms with E-state index in [-0.39, 0.29) is 0 Å². The summed E-state index contributed by atoms with van der Waals surface area (Å²) in [5.41, 5.74) is 0. The van der Waals surface area contributed by atoms with Crippen molar-refractivity contribution in [3.63, 3.8) is 0 Å². The lowest BCUT2D eigenvalue weighted by Crippen LogP contribution is -3.12. The first kappa shape index (κ1) is 13.8. The van der Waals surface area contributed by atoms with Crippen LogP contribution in [0.5, 0.6) is 0 Å². The maximum Gasteiger partial charge on any atom is 0.0874 e. The Kier molecular flexibility index (Phi) is 4.45. The monoisotopic (exact) mass is 266 g/mol. The molecule has 6 atom stereocenters. The fraction of sp³-hybridized carbons (Fsp3) is 1.00. The molecule has 0 aromatic rings. The van der Waals surface area contributed by atoms with Crippen LogP contribution in [0.15, 0.2) is 0 Å². The highest BCUT2D eigenvalue weighted by Gasteiger charge is 2.39. The summed E-state index contributed by atoms with van der Waals surface area (Å²) >= 11 is 0. The quantitative estimate of drug-likeness (QED) is 0.747. The van der Waals surface area contributed by atoms with E-state index in [0.717, 1.165) is 36.8 Å². The highest BCUT2D eigenvalue weighted by atomic mass is 16.5. The van der Waals surface area contributed by atoms with Crippen LogP contribution in [0.25, 0.3) is 0 Å². The maximum atomic E-state index is 12.1. The molecule has 2 heterocycles. The zero-order chi connectivity index (χ0) is 13.2. The minimum atomic E-state index is 0.409. The van der Waals surface area contributed by atoms with Gasteiger partial charge in [0.05, 0.1) is 12.6 Å². The minimum Gasteiger partial charge on any atom is -0.634 e. The predicted octanol–water partition coefficient (Wildman–Crippen LogP) is 1.73. The zero-order valence-corrected chi connectivity index (χ0v) is 12.4. The number of fused-ring (bicyclic) bond motifs is 1. The molecule has 0 amide bonds. The lowest BCUT2D eigenvalue weighted by Gasteiger charge is -2.46. The van der Waals surface area contributed by atoms with Crippen molar-refractivity contribution < 1.29 is 5.06 Å². The highest BCUT2D eigenvalue weighted by Crippen LogP contribution is 2.40. The first-order valence-corrected chi connectivity index (χ1v) is 8.50. The second-order valence-electron chi connectivity index (χ2n) is 7.35. The number of hydrogen-bond acceptors (Lipinski definition) is 2. The molecular weight excluding hydrogens is 236 g/mol. The molecule has 3 fully saturated rings. The SMILES string of the molecule is C[C@@H]1C[C@@H](CC2CCCC[NH+]2[O-])[C@@H]2CCCN[C@@H]2C1. The van der Waals surface area contributed by atoms with Crippen LogP contribution >= 0.6 is 0 Å². The minimum absolute atomic E-state index is 0.409. The third kappa shape index (κ3) is 3.14. The van der Waals surface area contributed by atoms with Gasteiger partial charge in [0.2, 0.25) is 0 Å². The normalized spacial score (nSPS) is 47.7. The predicted molar refractivity (Wildman–Crippen MR) is 77.9 cm³/mol. The van der Waals surface area contributed by atoms with Gasteiger partial charge in [-0.2, -0.15) is 0 Å². The Bertz CT molecular complexity index is 296. The van der Waals surface area contributed by atoms with Crippen LogP contribution in [0.3, 0.4) is 0 Å². The summed E-state index contributed by atoms with van der Waals surface area (Å²) in [5, 5.41) is 16.4. The summed E-state index contributed by atoms with van der Waals surface area (Å²) in [4.78, 5) is 0. The van der Waals surface area contributed by atoms with Crippen molar-refractivity contribution in [1.29, 1.82) is 0 Å². The molecule has 2 unspecified atom stereocenters. The van der Waals surface area contributed by atoms with Gasteiger partial charge in [-0.1, -0.05) is 6.92 Å². The molecule has 0 aromatic heterocycles. The number of quaternary nitrogens is 1. The van der Waals surface area contributed by atoms with Crippen LogP contribution in [0.2, 0.25) is 0 Å². The van der Waals surface area contributed by atoms with E-state index < -0.39 is 0 Å². The molecule has 1 aliphatic carbocycles. The highest BCUT2D eigenvalue weighted by molar-refractivity contribution is 4.92. The number of nitrogens with one attached hydrogen (secondary N) is 2. The Labute approximate surface area is 117 Å². The van der Waals surface area contributed by atoms with Gasteiger partial charge in [-0.3, -0.25) is 0 Å². The van der Waals surface area contributed by atoms with Crippen molar-refractivity contribution in [3.8, 4) is 0 Å². The average molecular weight is 266 g/mol. The van der Waals surface area contributed by atoms with E-state index in [2.05, 4.69) is 12.2 Å². The van der Waals surface area contributed by atoms with Crippen LogP contribution in [-0.4, -0.2) is 25.2 Å². The molecule has 3 rings (SSSR count). The summed E-state index contributed by atoms with van der Waals surface area (Å²) in [6.45, 7) is 4.48. The molecule has 0 radical (unpaired) electrons. The molecular formula is C16H30N2O. The number of hydrogen-bond donors (Lipinski definition) is 2. The third-order valence-electron chi connectivity index (χ3n) is 5.87. The van der Waals surface area contributed by atoms with E-state index in [1.807, 2.05) is 0 Å². The van der Waals surface area contributed by atoms with Gasteiger partial charge in [-0.15, -0.1) is 0 Å². The van der Waals surface area contributed by atoms with Crippen molar-refractivity contribution in [1.82, 2.24) is 5.32 Å². The van der Waals surface area contributed by atoms with E-state index in [4.69, 9.17) is 0 Å². The molecule has 2 N–H and O–H groups in total. The Morgan fingerprint density at radius 3 is 2.89 bits per heavy atom. The zero-order valence-electron chi connectivity index (χ0n) is 12.4. The molecule has 3 nitrogen and oxygen atoms in total. The van der Waals surface area contributed by atoms with Gasteiger partial charge in [0.1, 0.15) is 0 Å². The summed E-state index contributed by atoms with van der Waals surface area (Å²) in [6, 6.07) is 1.16. The Hall–Kier alpha value is -0.120. The molecule has 3 heteroatoms. The van der Waals surface area contributed by atoms with Crippen LogP contribution in [0, 0.1) is 23.0 Å². The van der Waals surface area contributed by atoms with Gasteiger partial charge in [0.15, 0.2) is 0 Å². The van der Waals surface area contributed by atoms with Crippen molar-refractivity contribution in [3.05, 3.63) is 5.21 Å². The lowest BCUT2D eigenvalue weighted by molar-refractivity contribution is -0.882. The smallest absolute Gasteiger partial charge is 0.0874 e. The summed E-state index contributed by atoms with van der Waals surface area (Å²) < 4.78 is 0. The maximum absolute atomic E-state index is 12.1. The molecule has 1 saturated carbocycles. The molecule has 19 heavy (non-hydrogen) atoms. The number of rotatable bonds is 2. The second-order valence-corrected chi connectivity index (χ2v) is 7.35. The average Bonchev–Trinajstić information content (AvgIpc) is 2.41. The van der Waals surface area contributed by atoms with E-state index in [1.165, 1.54) is 51.5 Å². The van der Waals surface area contributed by atoms with Gasteiger partial charge >= 0.3 is 0 Å². The molecule has 2 saturated heterocycles. The largest absolute Gasteiger partial charge is 0.634 e. The van der Waals surface area contributed by atoms with E-state index in [9.17, 15) is 5.21 Å². The molecule has 0 aromatic carbocycles. The van der Waals surface area contributed by atoms with Gasteiger partial charge in [-0.25, -0.2) is 0 Å². The number of piperidine rings is 2. The summed E-state index contributed by atoms with van der Waals surface area (Å²) in [6.07, 6.45) is 10.3. The van der Waals surface area contributed by atoms with Crippen molar-refractivity contribution in [2.45, 2.75) is 70.4 Å². The fourth-order valence-corrected chi connectivity index (χ4v) is 4.96. The third-order valence-corrected chi connectivity index (χ3v) is 5.87. The van der Waals surface area contributed by atoms with Crippen molar-refractivity contribution in [2.75, 3.05) is 13.1 Å². The first-order valence-electron chi connectivity index (χ1n) is 8.50. The number of hydroxylamine groups is 2.